The van der Waals surface area contributed by atoms with Crippen LogP contribution in [0.5, 0.6) is 0 Å². The molecule has 0 bridgehead atoms. The van der Waals surface area contributed by atoms with Crippen LogP contribution in [0.4, 0.5) is 21.5 Å². The monoisotopic (exact) mass is 250 g/mol. The number of halogens is 2. The minimum absolute atomic E-state index is 0.240. The van der Waals surface area contributed by atoms with Crippen LogP contribution in [0.15, 0.2) is 36.4 Å². The summed E-state index contributed by atoms with van der Waals surface area (Å²) in [5.41, 5.74) is 8.33. The summed E-state index contributed by atoms with van der Waals surface area (Å²) in [7, 11) is 0. The van der Waals surface area contributed by atoms with Gasteiger partial charge in [0.25, 0.3) is 0 Å². The molecular formula is C13H12ClFN2. The molecule has 0 radical (unpaired) electrons. The number of anilines is 3. The van der Waals surface area contributed by atoms with E-state index in [0.29, 0.717) is 16.4 Å². The number of aryl methyl sites for hydroxylation is 1. The summed E-state index contributed by atoms with van der Waals surface area (Å²) < 4.78 is 13.6. The molecule has 3 N–H and O–H groups in total. The second-order valence-corrected chi connectivity index (χ2v) is 4.22. The van der Waals surface area contributed by atoms with Crippen molar-refractivity contribution in [3.63, 3.8) is 0 Å². The largest absolute Gasteiger partial charge is 0.397 e. The lowest BCUT2D eigenvalue weighted by Crippen LogP contribution is -1.99. The van der Waals surface area contributed by atoms with Crippen LogP contribution in [0.2, 0.25) is 5.02 Å². The van der Waals surface area contributed by atoms with E-state index < -0.39 is 5.82 Å². The van der Waals surface area contributed by atoms with Gasteiger partial charge in [0.1, 0.15) is 5.82 Å². The first kappa shape index (κ1) is 11.7. The van der Waals surface area contributed by atoms with Gasteiger partial charge in [-0.3, -0.25) is 0 Å². The van der Waals surface area contributed by atoms with Crippen LogP contribution in [0, 0.1) is 12.7 Å². The molecule has 0 heterocycles. The van der Waals surface area contributed by atoms with Gasteiger partial charge in [-0.25, -0.2) is 4.39 Å². The molecule has 2 rings (SSSR count). The second kappa shape index (κ2) is 4.63. The lowest BCUT2D eigenvalue weighted by Gasteiger charge is -2.12. The van der Waals surface area contributed by atoms with Crippen molar-refractivity contribution in [3.8, 4) is 0 Å². The van der Waals surface area contributed by atoms with Crippen molar-refractivity contribution in [2.75, 3.05) is 11.1 Å². The smallest absolute Gasteiger partial charge is 0.148 e. The molecule has 2 aromatic carbocycles. The molecule has 2 nitrogen and oxygen atoms in total. The minimum atomic E-state index is -0.405. The number of rotatable bonds is 2. The molecule has 17 heavy (non-hydrogen) atoms. The van der Waals surface area contributed by atoms with Crippen LogP contribution in [0.1, 0.15) is 5.56 Å². The molecule has 4 heteroatoms. The molecule has 0 unspecified atom stereocenters. The van der Waals surface area contributed by atoms with Gasteiger partial charge in [-0.15, -0.1) is 0 Å². The molecular weight excluding hydrogens is 239 g/mol. The molecule has 0 fully saturated rings. The molecule has 0 aromatic heterocycles. The molecule has 88 valence electrons. The van der Waals surface area contributed by atoms with Crippen molar-refractivity contribution in [1.82, 2.24) is 0 Å². The van der Waals surface area contributed by atoms with Gasteiger partial charge in [0.05, 0.1) is 22.1 Å². The molecule has 0 aliphatic heterocycles. The van der Waals surface area contributed by atoms with Crippen molar-refractivity contribution in [2.24, 2.45) is 0 Å². The van der Waals surface area contributed by atoms with Gasteiger partial charge in [-0.2, -0.15) is 0 Å². The Bertz CT molecular complexity index is 535. The molecule has 0 spiro atoms. The zero-order valence-electron chi connectivity index (χ0n) is 9.30. The Morgan fingerprint density at radius 3 is 2.65 bits per heavy atom. The van der Waals surface area contributed by atoms with Gasteiger partial charge in [-0.1, -0.05) is 23.7 Å². The molecule has 0 saturated heterocycles. The Hall–Kier alpha value is -1.74. The quantitative estimate of drug-likeness (QED) is 0.787. The summed E-state index contributed by atoms with van der Waals surface area (Å²) in [6, 6.07) is 10.0. The minimum Gasteiger partial charge on any atom is -0.397 e. The van der Waals surface area contributed by atoms with E-state index in [9.17, 15) is 4.39 Å². The first-order valence-electron chi connectivity index (χ1n) is 5.15. The van der Waals surface area contributed by atoms with Crippen LogP contribution in [0.3, 0.4) is 0 Å². The summed E-state index contributed by atoms with van der Waals surface area (Å²) in [4.78, 5) is 0. The van der Waals surface area contributed by atoms with Crippen molar-refractivity contribution < 1.29 is 4.39 Å². The summed E-state index contributed by atoms with van der Waals surface area (Å²) >= 11 is 5.92. The van der Waals surface area contributed by atoms with Gasteiger partial charge in [-0.05, 0) is 36.8 Å². The highest BCUT2D eigenvalue weighted by atomic mass is 35.5. The highest BCUT2D eigenvalue weighted by molar-refractivity contribution is 6.33. The van der Waals surface area contributed by atoms with E-state index in [1.165, 1.54) is 6.07 Å². The fraction of sp³-hybridized carbons (Fsp3) is 0.0769. The Labute approximate surface area is 104 Å². The van der Waals surface area contributed by atoms with E-state index in [2.05, 4.69) is 5.32 Å². The molecule has 0 atom stereocenters. The number of hydrogen-bond acceptors (Lipinski definition) is 2. The first-order chi connectivity index (χ1) is 8.08. The zero-order valence-corrected chi connectivity index (χ0v) is 10.1. The number of benzene rings is 2. The predicted molar refractivity (Wildman–Crippen MR) is 70.3 cm³/mol. The molecule has 0 amide bonds. The SMILES string of the molecule is Cc1ccc(Nc2c(F)cccc2Cl)c(N)c1. The third kappa shape index (κ3) is 2.50. The van der Waals surface area contributed by atoms with Crippen molar-refractivity contribution >= 4 is 28.7 Å². The van der Waals surface area contributed by atoms with Gasteiger partial charge in [0, 0.05) is 0 Å². The van der Waals surface area contributed by atoms with E-state index in [1.54, 1.807) is 18.2 Å². The van der Waals surface area contributed by atoms with E-state index in [4.69, 9.17) is 17.3 Å². The topological polar surface area (TPSA) is 38.0 Å². The zero-order chi connectivity index (χ0) is 12.4. The van der Waals surface area contributed by atoms with Crippen LogP contribution in [-0.2, 0) is 0 Å². The van der Waals surface area contributed by atoms with Gasteiger partial charge in [0.15, 0.2) is 0 Å². The Kier molecular flexibility index (Phi) is 3.20. The summed E-state index contributed by atoms with van der Waals surface area (Å²) in [6.07, 6.45) is 0. The number of nitrogen functional groups attached to an aromatic ring is 1. The number of hydrogen-bond donors (Lipinski definition) is 2. The van der Waals surface area contributed by atoms with Crippen LogP contribution in [-0.4, -0.2) is 0 Å². The summed E-state index contributed by atoms with van der Waals surface area (Å²) in [5.74, 6) is -0.405. The molecule has 0 saturated carbocycles. The summed E-state index contributed by atoms with van der Waals surface area (Å²) in [6.45, 7) is 1.94. The predicted octanol–water partition coefficient (Wildman–Crippen LogP) is 4.11. The second-order valence-electron chi connectivity index (χ2n) is 3.81. The first-order valence-corrected chi connectivity index (χ1v) is 5.53. The maximum absolute atomic E-state index is 13.6. The Morgan fingerprint density at radius 1 is 1.24 bits per heavy atom. The van der Waals surface area contributed by atoms with Gasteiger partial charge >= 0.3 is 0 Å². The number of para-hydroxylation sites is 1. The maximum Gasteiger partial charge on any atom is 0.148 e. The van der Waals surface area contributed by atoms with E-state index in [0.717, 1.165) is 5.56 Å². The highest BCUT2D eigenvalue weighted by Crippen LogP contribution is 2.30. The van der Waals surface area contributed by atoms with Gasteiger partial charge < -0.3 is 11.1 Å². The lowest BCUT2D eigenvalue weighted by atomic mass is 10.2. The third-order valence-electron chi connectivity index (χ3n) is 2.43. The average molecular weight is 251 g/mol. The standard InChI is InChI=1S/C13H12ClFN2/c1-8-5-6-12(11(16)7-8)17-13-9(14)3-2-4-10(13)15/h2-7,17H,16H2,1H3. The van der Waals surface area contributed by atoms with E-state index >= 15 is 0 Å². The molecule has 2 aromatic rings. The van der Waals surface area contributed by atoms with Crippen LogP contribution < -0.4 is 11.1 Å². The Morgan fingerprint density at radius 2 is 2.00 bits per heavy atom. The number of nitrogens with one attached hydrogen (secondary N) is 1. The normalized spacial score (nSPS) is 10.3. The molecule has 0 aliphatic rings. The Balaban J connectivity index is 2.38. The fourth-order valence-electron chi connectivity index (χ4n) is 1.55. The van der Waals surface area contributed by atoms with E-state index in [-0.39, 0.29) is 5.69 Å². The average Bonchev–Trinajstić information content (AvgIpc) is 2.26. The van der Waals surface area contributed by atoms with Crippen molar-refractivity contribution in [1.29, 1.82) is 0 Å². The maximum atomic E-state index is 13.6. The lowest BCUT2D eigenvalue weighted by molar-refractivity contribution is 0.632. The van der Waals surface area contributed by atoms with Crippen LogP contribution in [0.25, 0.3) is 0 Å². The van der Waals surface area contributed by atoms with Crippen molar-refractivity contribution in [3.05, 3.63) is 52.8 Å². The van der Waals surface area contributed by atoms with Crippen molar-refractivity contribution in [2.45, 2.75) is 6.92 Å². The fourth-order valence-corrected chi connectivity index (χ4v) is 1.76. The van der Waals surface area contributed by atoms with E-state index in [1.807, 2.05) is 19.1 Å². The third-order valence-corrected chi connectivity index (χ3v) is 2.74. The highest BCUT2D eigenvalue weighted by Gasteiger charge is 2.08. The van der Waals surface area contributed by atoms with Gasteiger partial charge in [0.2, 0.25) is 0 Å². The summed E-state index contributed by atoms with van der Waals surface area (Å²) in [5, 5.41) is 3.23. The number of nitrogens with two attached hydrogens (primary N) is 1. The van der Waals surface area contributed by atoms with Crippen LogP contribution >= 0.6 is 11.6 Å². The molecule has 0 aliphatic carbocycles.